The highest BCUT2D eigenvalue weighted by Gasteiger charge is 2.31. The van der Waals surface area contributed by atoms with Gasteiger partial charge < -0.3 is 0 Å². The first kappa shape index (κ1) is 20.4. The molecule has 1 aromatic carbocycles. The van der Waals surface area contributed by atoms with Crippen LogP contribution in [-0.4, -0.2) is 0 Å². The van der Waals surface area contributed by atoms with E-state index in [0.717, 1.165) is 29.6 Å². The van der Waals surface area contributed by atoms with Crippen molar-refractivity contribution in [2.24, 2.45) is 29.6 Å². The molecule has 0 radical (unpaired) electrons. The Hall–Kier alpha value is -0.850. The monoisotopic (exact) mass is 384 g/mol. The first-order chi connectivity index (χ1) is 13.7. The highest BCUT2D eigenvalue weighted by molar-refractivity contribution is 5.21. The van der Waals surface area contributed by atoms with Crippen LogP contribution in [0.3, 0.4) is 0 Å². The fourth-order valence-electron chi connectivity index (χ4n) is 6.72. The van der Waals surface area contributed by atoms with Crippen molar-refractivity contribution in [3.63, 3.8) is 0 Å². The largest absolute Gasteiger partial charge is 0.207 e. The molecule has 0 saturated heterocycles. The Morgan fingerprint density at radius 2 is 1.25 bits per heavy atom. The van der Waals surface area contributed by atoms with Gasteiger partial charge in [0.2, 0.25) is 0 Å². The summed E-state index contributed by atoms with van der Waals surface area (Å²) in [5, 5.41) is 0. The van der Waals surface area contributed by atoms with Crippen molar-refractivity contribution in [2.75, 3.05) is 0 Å². The van der Waals surface area contributed by atoms with Gasteiger partial charge in [0.1, 0.15) is 5.82 Å². The lowest BCUT2D eigenvalue weighted by Gasteiger charge is -2.38. The van der Waals surface area contributed by atoms with Crippen LogP contribution in [0.2, 0.25) is 0 Å². The van der Waals surface area contributed by atoms with Crippen LogP contribution in [-0.2, 0) is 0 Å². The van der Waals surface area contributed by atoms with E-state index < -0.39 is 0 Å². The average Bonchev–Trinajstić information content (AvgIpc) is 2.74. The molecule has 0 aromatic heterocycles. The van der Waals surface area contributed by atoms with Crippen molar-refractivity contribution < 1.29 is 4.39 Å². The molecule has 0 amide bonds. The van der Waals surface area contributed by atoms with Crippen molar-refractivity contribution in [2.45, 2.75) is 103 Å². The van der Waals surface area contributed by atoms with Gasteiger partial charge in [-0.1, -0.05) is 70.4 Å². The third-order valence-corrected chi connectivity index (χ3v) is 8.77. The summed E-state index contributed by atoms with van der Waals surface area (Å²) in [5.74, 6) is 5.53. The van der Waals surface area contributed by atoms with Gasteiger partial charge >= 0.3 is 0 Å². The van der Waals surface area contributed by atoms with Gasteiger partial charge in [-0.2, -0.15) is 0 Å². The third-order valence-electron chi connectivity index (χ3n) is 8.77. The summed E-state index contributed by atoms with van der Waals surface area (Å²) in [7, 11) is 0. The maximum absolute atomic E-state index is 13.5. The SMILES string of the molecule is CC1CCC(CCC2CCC(C3CCC(c4cccc(F)c4)CC3)CC2)CC1. The Morgan fingerprint density at radius 3 is 1.82 bits per heavy atom. The first-order valence-electron chi connectivity index (χ1n) is 12.4. The van der Waals surface area contributed by atoms with E-state index in [1.54, 1.807) is 12.1 Å². The molecular weight excluding hydrogens is 343 g/mol. The molecule has 0 aliphatic heterocycles. The number of benzene rings is 1. The zero-order valence-corrected chi connectivity index (χ0v) is 18.1. The summed E-state index contributed by atoms with van der Waals surface area (Å²) in [4.78, 5) is 0. The van der Waals surface area contributed by atoms with Crippen LogP contribution in [0.25, 0.3) is 0 Å². The van der Waals surface area contributed by atoms with E-state index in [1.165, 1.54) is 95.5 Å². The van der Waals surface area contributed by atoms with Crippen LogP contribution in [0.4, 0.5) is 4.39 Å². The predicted octanol–water partition coefficient (Wildman–Crippen LogP) is 8.51. The second kappa shape index (κ2) is 9.77. The van der Waals surface area contributed by atoms with E-state index in [2.05, 4.69) is 13.0 Å². The summed E-state index contributed by atoms with van der Waals surface area (Å²) < 4.78 is 13.5. The van der Waals surface area contributed by atoms with Crippen LogP contribution in [0.15, 0.2) is 24.3 Å². The second-order valence-corrected chi connectivity index (χ2v) is 10.7. The summed E-state index contributed by atoms with van der Waals surface area (Å²) in [6.07, 6.45) is 20.3. The van der Waals surface area contributed by atoms with Crippen molar-refractivity contribution in [1.82, 2.24) is 0 Å². The fourth-order valence-corrected chi connectivity index (χ4v) is 6.72. The van der Waals surface area contributed by atoms with E-state index in [9.17, 15) is 4.39 Å². The van der Waals surface area contributed by atoms with E-state index in [0.29, 0.717) is 5.92 Å². The Balaban J connectivity index is 1.16. The Kier molecular flexibility index (Phi) is 7.13. The molecule has 0 unspecified atom stereocenters. The summed E-state index contributed by atoms with van der Waals surface area (Å²) in [5.41, 5.74) is 1.24. The van der Waals surface area contributed by atoms with Gasteiger partial charge in [0.25, 0.3) is 0 Å². The van der Waals surface area contributed by atoms with Crippen LogP contribution in [0.5, 0.6) is 0 Å². The lowest BCUT2D eigenvalue weighted by molar-refractivity contribution is 0.150. The average molecular weight is 385 g/mol. The molecule has 0 bridgehead atoms. The molecule has 0 heterocycles. The van der Waals surface area contributed by atoms with Gasteiger partial charge in [-0.3, -0.25) is 0 Å². The van der Waals surface area contributed by atoms with Crippen LogP contribution in [0, 0.1) is 35.4 Å². The Morgan fingerprint density at radius 1 is 0.714 bits per heavy atom. The van der Waals surface area contributed by atoms with Crippen LogP contribution < -0.4 is 0 Å². The van der Waals surface area contributed by atoms with Crippen molar-refractivity contribution >= 4 is 0 Å². The number of rotatable bonds is 5. The maximum Gasteiger partial charge on any atom is 0.123 e. The van der Waals surface area contributed by atoms with Crippen molar-refractivity contribution in [3.05, 3.63) is 35.6 Å². The second-order valence-electron chi connectivity index (χ2n) is 10.7. The fraction of sp³-hybridized carbons (Fsp3) is 0.778. The molecule has 0 atom stereocenters. The van der Waals surface area contributed by atoms with E-state index in [4.69, 9.17) is 0 Å². The Bertz CT molecular complexity index is 584. The lowest BCUT2D eigenvalue weighted by Crippen LogP contribution is -2.25. The topological polar surface area (TPSA) is 0 Å². The zero-order valence-electron chi connectivity index (χ0n) is 18.1. The third kappa shape index (κ3) is 5.39. The summed E-state index contributed by atoms with van der Waals surface area (Å²) in [6, 6.07) is 7.35. The smallest absolute Gasteiger partial charge is 0.123 e. The van der Waals surface area contributed by atoms with Crippen molar-refractivity contribution in [3.8, 4) is 0 Å². The predicted molar refractivity (Wildman–Crippen MR) is 117 cm³/mol. The molecule has 0 N–H and O–H groups in total. The molecule has 4 rings (SSSR count). The number of hydrogen-bond acceptors (Lipinski definition) is 0. The standard InChI is InChI=1S/C27H41F/c1-20-5-7-21(8-6-20)9-10-22-11-13-23(14-12-22)24-15-17-25(18-16-24)26-3-2-4-27(28)19-26/h2-4,19-25H,5-18H2,1H3. The molecule has 3 aliphatic rings. The highest BCUT2D eigenvalue weighted by atomic mass is 19.1. The lowest BCUT2D eigenvalue weighted by atomic mass is 9.67. The van der Waals surface area contributed by atoms with Gasteiger partial charge in [-0.05, 0) is 91.7 Å². The minimum absolute atomic E-state index is 0.0688. The molecule has 3 aliphatic carbocycles. The van der Waals surface area contributed by atoms with Crippen molar-refractivity contribution in [1.29, 1.82) is 0 Å². The molecule has 0 spiro atoms. The maximum atomic E-state index is 13.5. The van der Waals surface area contributed by atoms with Gasteiger partial charge in [0, 0.05) is 0 Å². The number of hydrogen-bond donors (Lipinski definition) is 0. The molecule has 1 heteroatoms. The Labute approximate surface area is 172 Å². The highest BCUT2D eigenvalue weighted by Crippen LogP contribution is 2.45. The van der Waals surface area contributed by atoms with Crippen LogP contribution in [0.1, 0.15) is 108 Å². The first-order valence-corrected chi connectivity index (χ1v) is 12.4. The quantitative estimate of drug-likeness (QED) is 0.477. The van der Waals surface area contributed by atoms with E-state index >= 15 is 0 Å². The minimum Gasteiger partial charge on any atom is -0.207 e. The normalized spacial score (nSPS) is 36.9. The molecule has 156 valence electrons. The molecular formula is C27H41F. The van der Waals surface area contributed by atoms with Gasteiger partial charge in [-0.25, -0.2) is 4.39 Å². The molecule has 3 saturated carbocycles. The van der Waals surface area contributed by atoms with Crippen LogP contribution >= 0.6 is 0 Å². The van der Waals surface area contributed by atoms with Gasteiger partial charge in [-0.15, -0.1) is 0 Å². The van der Waals surface area contributed by atoms with E-state index in [-0.39, 0.29) is 5.82 Å². The molecule has 1 aromatic rings. The summed E-state index contributed by atoms with van der Waals surface area (Å²) in [6.45, 7) is 2.43. The molecule has 0 nitrogen and oxygen atoms in total. The van der Waals surface area contributed by atoms with Gasteiger partial charge in [0.05, 0.1) is 0 Å². The molecule has 3 fully saturated rings. The molecule has 28 heavy (non-hydrogen) atoms. The van der Waals surface area contributed by atoms with E-state index in [1.807, 2.05) is 6.07 Å². The minimum atomic E-state index is -0.0688. The number of halogens is 1. The zero-order chi connectivity index (χ0) is 19.3. The summed E-state index contributed by atoms with van der Waals surface area (Å²) >= 11 is 0. The van der Waals surface area contributed by atoms with Gasteiger partial charge in [0.15, 0.2) is 0 Å².